The molecule has 0 bridgehead atoms. The van der Waals surface area contributed by atoms with E-state index in [1.165, 1.54) is 12.3 Å². The summed E-state index contributed by atoms with van der Waals surface area (Å²) in [7, 11) is 1.14. The molecule has 1 atom stereocenters. The summed E-state index contributed by atoms with van der Waals surface area (Å²) in [6.45, 7) is 1.60. The fraction of sp³-hybridized carbons (Fsp3) is 0.364. The SMILES string of the molecule is [2H]C([2H])([2H])Oc1nc(NC2CCN(C(=O)c3ccc(NC(=O)/C=C/CN(C)C)cc3)C2)ncc1Cl. The summed E-state index contributed by atoms with van der Waals surface area (Å²) in [6, 6.07) is 6.58. The van der Waals surface area contributed by atoms with Crippen LogP contribution >= 0.6 is 11.6 Å². The highest BCUT2D eigenvalue weighted by Crippen LogP contribution is 2.23. The molecule has 2 aromatic rings. The van der Waals surface area contributed by atoms with Crippen molar-refractivity contribution in [2.75, 3.05) is 51.4 Å². The van der Waals surface area contributed by atoms with Crippen LogP contribution in [-0.4, -0.2) is 78.4 Å². The van der Waals surface area contributed by atoms with Gasteiger partial charge in [-0.3, -0.25) is 9.59 Å². The van der Waals surface area contributed by atoms with Gasteiger partial charge in [-0.1, -0.05) is 17.7 Å². The molecular formula is C22H27ClN6O3. The average molecular weight is 462 g/mol. The van der Waals surface area contributed by atoms with Crippen LogP contribution in [0.15, 0.2) is 42.6 Å². The Hall–Kier alpha value is -3.17. The van der Waals surface area contributed by atoms with Crippen molar-refractivity contribution in [3.8, 4) is 5.88 Å². The predicted octanol–water partition coefficient (Wildman–Crippen LogP) is 2.52. The zero-order valence-electron chi connectivity index (χ0n) is 20.8. The Morgan fingerprint density at radius 2 is 2.16 bits per heavy atom. The number of benzene rings is 1. The van der Waals surface area contributed by atoms with Gasteiger partial charge in [0, 0.05) is 43.0 Å². The third kappa shape index (κ3) is 6.41. The number of nitrogens with zero attached hydrogens (tertiary/aromatic N) is 4. The van der Waals surface area contributed by atoms with Crippen LogP contribution in [0.25, 0.3) is 0 Å². The van der Waals surface area contributed by atoms with Crippen molar-refractivity contribution >= 4 is 35.1 Å². The molecule has 1 fully saturated rings. The van der Waals surface area contributed by atoms with Gasteiger partial charge in [0.05, 0.1) is 17.3 Å². The van der Waals surface area contributed by atoms with Crippen molar-refractivity contribution in [3.05, 3.63) is 53.2 Å². The Morgan fingerprint density at radius 3 is 2.88 bits per heavy atom. The Bertz CT molecular complexity index is 1080. The highest BCUT2D eigenvalue weighted by atomic mass is 35.5. The van der Waals surface area contributed by atoms with E-state index in [4.69, 9.17) is 20.5 Å². The molecule has 1 aliphatic heterocycles. The van der Waals surface area contributed by atoms with Crippen molar-refractivity contribution < 1.29 is 18.4 Å². The lowest BCUT2D eigenvalue weighted by molar-refractivity contribution is -0.111. The topological polar surface area (TPSA) is 99.7 Å². The van der Waals surface area contributed by atoms with Gasteiger partial charge in [-0.05, 0) is 44.8 Å². The molecule has 0 radical (unpaired) electrons. The number of hydrogen-bond donors (Lipinski definition) is 2. The molecule has 1 aromatic carbocycles. The third-order valence-corrected chi connectivity index (χ3v) is 5.02. The van der Waals surface area contributed by atoms with Gasteiger partial charge in [-0.2, -0.15) is 4.98 Å². The average Bonchev–Trinajstić information content (AvgIpc) is 3.23. The van der Waals surface area contributed by atoms with E-state index in [-0.39, 0.29) is 34.7 Å². The minimum absolute atomic E-state index is 0.0147. The van der Waals surface area contributed by atoms with E-state index in [1.807, 2.05) is 19.0 Å². The maximum absolute atomic E-state index is 12.9. The zero-order valence-corrected chi connectivity index (χ0v) is 18.6. The Morgan fingerprint density at radius 1 is 1.38 bits per heavy atom. The molecule has 3 rings (SSSR count). The summed E-state index contributed by atoms with van der Waals surface area (Å²) in [5.74, 6) is -0.458. The van der Waals surface area contributed by atoms with Crippen molar-refractivity contribution in [1.29, 1.82) is 0 Å². The highest BCUT2D eigenvalue weighted by molar-refractivity contribution is 6.31. The van der Waals surface area contributed by atoms with Crippen LogP contribution < -0.4 is 15.4 Å². The normalized spacial score (nSPS) is 17.7. The Kier molecular flexibility index (Phi) is 6.66. The lowest BCUT2D eigenvalue weighted by atomic mass is 10.2. The van der Waals surface area contributed by atoms with Crippen LogP contribution in [-0.2, 0) is 4.79 Å². The van der Waals surface area contributed by atoms with Crippen molar-refractivity contribution in [3.63, 3.8) is 0 Å². The van der Waals surface area contributed by atoms with E-state index < -0.39 is 7.04 Å². The van der Waals surface area contributed by atoms with E-state index in [1.54, 1.807) is 35.2 Å². The predicted molar refractivity (Wildman–Crippen MR) is 124 cm³/mol. The molecule has 1 aliphatic rings. The second kappa shape index (κ2) is 10.9. The summed E-state index contributed by atoms with van der Waals surface area (Å²) in [5.41, 5.74) is 1.10. The first-order valence-corrected chi connectivity index (χ1v) is 10.4. The smallest absolute Gasteiger partial charge is 0.253 e. The number of nitrogens with one attached hydrogen (secondary N) is 2. The monoisotopic (exact) mass is 461 g/mol. The van der Waals surface area contributed by atoms with Gasteiger partial charge in [0.2, 0.25) is 17.7 Å². The van der Waals surface area contributed by atoms with Crippen molar-refractivity contribution in [1.82, 2.24) is 19.8 Å². The number of anilines is 2. The maximum atomic E-state index is 12.9. The van der Waals surface area contributed by atoms with Crippen LogP contribution in [0.2, 0.25) is 5.02 Å². The minimum Gasteiger partial charge on any atom is -0.480 e. The van der Waals surface area contributed by atoms with Gasteiger partial charge in [-0.15, -0.1) is 0 Å². The lowest BCUT2D eigenvalue weighted by Gasteiger charge is -2.17. The number of carbonyl (C=O) groups excluding carboxylic acids is 2. The van der Waals surface area contributed by atoms with Gasteiger partial charge in [0.25, 0.3) is 5.91 Å². The molecule has 0 spiro atoms. The minimum atomic E-state index is -2.69. The van der Waals surface area contributed by atoms with Crippen LogP contribution in [0.1, 0.15) is 20.9 Å². The summed E-state index contributed by atoms with van der Waals surface area (Å²) < 4.78 is 26.4. The standard InChI is InChI=1S/C22H27ClN6O3/c1-28(2)11-4-5-19(30)25-16-8-6-15(7-9-16)21(31)29-12-10-17(14-29)26-22-24-13-18(23)20(27-22)32-3/h4-9,13,17H,10-12,14H2,1-3H3,(H,25,30)(H,24,26,27)/b5-4+/i3D3. The highest BCUT2D eigenvalue weighted by Gasteiger charge is 2.27. The number of amides is 2. The van der Waals surface area contributed by atoms with E-state index in [0.29, 0.717) is 37.3 Å². The number of likely N-dealkylation sites (tertiary alicyclic amines) is 1. The molecule has 0 aliphatic carbocycles. The van der Waals surface area contributed by atoms with Gasteiger partial charge in [-0.25, -0.2) is 4.98 Å². The molecule has 32 heavy (non-hydrogen) atoms. The fourth-order valence-electron chi connectivity index (χ4n) is 3.17. The van der Waals surface area contributed by atoms with Gasteiger partial charge >= 0.3 is 0 Å². The number of halogens is 1. The molecule has 1 unspecified atom stereocenters. The van der Waals surface area contributed by atoms with Gasteiger partial charge < -0.3 is 25.2 Å². The lowest BCUT2D eigenvalue weighted by Crippen LogP contribution is -2.31. The Balaban J connectivity index is 1.54. The van der Waals surface area contributed by atoms with Gasteiger partial charge in [0.1, 0.15) is 5.02 Å². The van der Waals surface area contributed by atoms with E-state index in [0.717, 1.165) is 0 Å². The summed E-state index contributed by atoms with van der Waals surface area (Å²) in [5, 5.41) is 5.84. The molecule has 1 saturated heterocycles. The van der Waals surface area contributed by atoms with Crippen LogP contribution in [0.5, 0.6) is 5.88 Å². The number of ether oxygens (including phenoxy) is 1. The summed E-state index contributed by atoms with van der Waals surface area (Å²) >= 11 is 5.92. The molecule has 2 N–H and O–H groups in total. The number of carbonyl (C=O) groups is 2. The molecule has 0 saturated carbocycles. The summed E-state index contributed by atoms with van der Waals surface area (Å²) in [4.78, 5) is 36.6. The first-order valence-electron chi connectivity index (χ1n) is 11.5. The second-order valence-corrected chi connectivity index (χ2v) is 7.97. The van der Waals surface area contributed by atoms with Crippen LogP contribution in [0, 0.1) is 0 Å². The summed E-state index contributed by atoms with van der Waals surface area (Å²) in [6.07, 6.45) is 5.15. The van der Waals surface area contributed by atoms with E-state index in [2.05, 4.69) is 20.6 Å². The number of rotatable bonds is 8. The molecule has 2 amide bonds. The molecule has 2 heterocycles. The van der Waals surface area contributed by atoms with Crippen molar-refractivity contribution in [2.24, 2.45) is 0 Å². The third-order valence-electron chi connectivity index (χ3n) is 4.76. The molecule has 10 heteroatoms. The largest absolute Gasteiger partial charge is 0.480 e. The number of methoxy groups -OCH3 is 1. The van der Waals surface area contributed by atoms with E-state index >= 15 is 0 Å². The zero-order chi connectivity index (χ0) is 25.6. The number of hydrogen-bond acceptors (Lipinski definition) is 7. The molecular weight excluding hydrogens is 432 g/mol. The molecule has 9 nitrogen and oxygen atoms in total. The van der Waals surface area contributed by atoms with Gasteiger partial charge in [0.15, 0.2) is 0 Å². The fourth-order valence-corrected chi connectivity index (χ4v) is 3.30. The molecule has 1 aromatic heterocycles. The first kappa shape index (κ1) is 19.5. The second-order valence-electron chi connectivity index (χ2n) is 7.56. The first-order chi connectivity index (χ1) is 16.5. The Labute approximate surface area is 196 Å². The number of likely N-dealkylation sites (N-methyl/N-ethyl adjacent to an activating group) is 1. The van der Waals surface area contributed by atoms with Crippen LogP contribution in [0.4, 0.5) is 11.6 Å². The maximum Gasteiger partial charge on any atom is 0.253 e. The number of aromatic nitrogens is 2. The van der Waals surface area contributed by atoms with E-state index in [9.17, 15) is 9.59 Å². The van der Waals surface area contributed by atoms with Crippen molar-refractivity contribution in [2.45, 2.75) is 12.5 Å². The quantitative estimate of drug-likeness (QED) is 0.582. The molecule has 170 valence electrons. The van der Waals surface area contributed by atoms with Crippen LogP contribution in [0.3, 0.4) is 0 Å².